The quantitative estimate of drug-likeness (QED) is 0.752. The lowest BCUT2D eigenvalue weighted by Crippen LogP contribution is -2.46. The van der Waals surface area contributed by atoms with Crippen LogP contribution in [-0.4, -0.2) is 48.2 Å². The predicted octanol–water partition coefficient (Wildman–Crippen LogP) is 2.83. The summed E-state index contributed by atoms with van der Waals surface area (Å²) in [5.41, 5.74) is -0.604. The smallest absolute Gasteiger partial charge is 0.410 e. The van der Waals surface area contributed by atoms with E-state index in [9.17, 15) is 18.4 Å². The number of carbonyl (C=O) groups excluding carboxylic acids is 2. The molecule has 1 aliphatic rings. The number of rotatable bonds is 3. The van der Waals surface area contributed by atoms with Gasteiger partial charge in [0.25, 0.3) is 5.92 Å². The van der Waals surface area contributed by atoms with Crippen LogP contribution in [0.15, 0.2) is 0 Å². The maximum atomic E-state index is 13.9. The van der Waals surface area contributed by atoms with Gasteiger partial charge in [0, 0.05) is 25.9 Å². The van der Waals surface area contributed by atoms with Crippen molar-refractivity contribution >= 4 is 12.1 Å². The first-order valence-electron chi connectivity index (χ1n) is 7.00. The minimum absolute atomic E-state index is 0.160. The second-order valence-electron chi connectivity index (χ2n) is 6.28. The Morgan fingerprint density at radius 2 is 1.71 bits per heavy atom. The van der Waals surface area contributed by atoms with E-state index in [-0.39, 0.29) is 25.9 Å². The summed E-state index contributed by atoms with van der Waals surface area (Å²) < 4.78 is 37.3. The van der Waals surface area contributed by atoms with Gasteiger partial charge in [0.05, 0.1) is 0 Å². The lowest BCUT2D eigenvalue weighted by atomic mass is 9.91. The van der Waals surface area contributed by atoms with Crippen LogP contribution in [0.1, 0.15) is 40.5 Å². The Kier molecular flexibility index (Phi) is 5.53. The predicted molar refractivity (Wildman–Crippen MR) is 72.1 cm³/mol. The Morgan fingerprint density at radius 3 is 2.14 bits per heavy atom. The first kappa shape index (κ1) is 17.7. The number of likely N-dealkylation sites (tertiary alicyclic amines) is 1. The molecule has 1 saturated heterocycles. The summed E-state index contributed by atoms with van der Waals surface area (Å²) >= 11 is 0. The molecule has 0 aliphatic carbocycles. The number of amides is 1. The Labute approximate surface area is 123 Å². The highest BCUT2D eigenvalue weighted by Gasteiger charge is 2.43. The van der Waals surface area contributed by atoms with Gasteiger partial charge in [0.15, 0.2) is 6.61 Å². The summed E-state index contributed by atoms with van der Waals surface area (Å²) in [6.07, 6.45) is -0.162. The third kappa shape index (κ3) is 5.85. The fourth-order valence-corrected chi connectivity index (χ4v) is 2.13. The summed E-state index contributed by atoms with van der Waals surface area (Å²) in [6.45, 7) is 5.89. The highest BCUT2D eigenvalue weighted by molar-refractivity contribution is 5.68. The molecule has 0 bridgehead atoms. The van der Waals surface area contributed by atoms with Crippen LogP contribution in [0.5, 0.6) is 0 Å². The number of halogens is 2. The van der Waals surface area contributed by atoms with Gasteiger partial charge in [-0.1, -0.05) is 0 Å². The average molecular weight is 307 g/mol. The lowest BCUT2D eigenvalue weighted by molar-refractivity contribution is -0.162. The molecule has 1 fully saturated rings. The van der Waals surface area contributed by atoms with Crippen molar-refractivity contribution in [1.29, 1.82) is 0 Å². The molecule has 122 valence electrons. The van der Waals surface area contributed by atoms with E-state index in [4.69, 9.17) is 4.74 Å². The largest absolute Gasteiger partial charge is 0.459 e. The molecule has 5 nitrogen and oxygen atoms in total. The highest BCUT2D eigenvalue weighted by atomic mass is 19.3. The van der Waals surface area contributed by atoms with Crippen LogP contribution in [0.25, 0.3) is 0 Å². The van der Waals surface area contributed by atoms with Crippen LogP contribution >= 0.6 is 0 Å². The lowest BCUT2D eigenvalue weighted by Gasteiger charge is -2.36. The molecule has 1 heterocycles. The van der Waals surface area contributed by atoms with E-state index in [1.165, 1.54) is 4.90 Å². The van der Waals surface area contributed by atoms with Gasteiger partial charge >= 0.3 is 12.1 Å². The average Bonchev–Trinajstić information content (AvgIpc) is 2.35. The maximum Gasteiger partial charge on any atom is 0.410 e. The number of hydrogen-bond donors (Lipinski definition) is 0. The zero-order valence-corrected chi connectivity index (χ0v) is 12.9. The maximum absolute atomic E-state index is 13.9. The summed E-state index contributed by atoms with van der Waals surface area (Å²) in [4.78, 5) is 23.9. The number of nitrogens with zero attached hydrogens (tertiary/aromatic N) is 1. The van der Waals surface area contributed by atoms with E-state index < -0.39 is 36.1 Å². The second kappa shape index (κ2) is 6.58. The van der Waals surface area contributed by atoms with Gasteiger partial charge in [-0.2, -0.15) is 0 Å². The van der Waals surface area contributed by atoms with Crippen molar-refractivity contribution in [1.82, 2.24) is 4.90 Å². The van der Waals surface area contributed by atoms with Crippen molar-refractivity contribution in [3.63, 3.8) is 0 Å². The van der Waals surface area contributed by atoms with Gasteiger partial charge in [-0.05, 0) is 33.6 Å². The molecule has 7 heteroatoms. The molecule has 0 aromatic rings. The normalized spacial score (nSPS) is 17.5. The molecule has 0 aromatic heterocycles. The Bertz CT molecular complexity index is 385. The molecular formula is C14H23F2NO4. The van der Waals surface area contributed by atoms with Crippen molar-refractivity contribution < 1.29 is 27.8 Å². The molecule has 0 unspecified atom stereocenters. The van der Waals surface area contributed by atoms with Crippen LogP contribution in [0.2, 0.25) is 0 Å². The molecule has 0 atom stereocenters. The molecule has 0 radical (unpaired) electrons. The van der Waals surface area contributed by atoms with Gasteiger partial charge < -0.3 is 14.4 Å². The van der Waals surface area contributed by atoms with Gasteiger partial charge in [0.2, 0.25) is 0 Å². The van der Waals surface area contributed by atoms with Crippen LogP contribution in [0, 0.1) is 5.92 Å². The van der Waals surface area contributed by atoms with E-state index in [1.807, 2.05) is 0 Å². The number of esters is 1. The van der Waals surface area contributed by atoms with E-state index in [0.717, 1.165) is 6.92 Å². The van der Waals surface area contributed by atoms with Gasteiger partial charge in [-0.25, -0.2) is 13.6 Å². The topological polar surface area (TPSA) is 55.8 Å². The van der Waals surface area contributed by atoms with Crippen molar-refractivity contribution in [2.75, 3.05) is 19.7 Å². The highest BCUT2D eigenvalue weighted by Crippen LogP contribution is 2.33. The van der Waals surface area contributed by atoms with Crippen LogP contribution in [0.3, 0.4) is 0 Å². The SMILES string of the molecule is CC(=O)OCC(F)(F)C1CCN(C(=O)OC(C)(C)C)CC1. The standard InChI is InChI=1S/C14H23F2NO4/c1-10(18)20-9-14(15,16)11-5-7-17(8-6-11)12(19)21-13(2,3)4/h11H,5-9H2,1-4H3. The third-order valence-electron chi connectivity index (χ3n) is 3.21. The summed E-state index contributed by atoms with van der Waals surface area (Å²) in [5.74, 6) is -4.68. The first-order chi connectivity index (χ1) is 9.51. The molecular weight excluding hydrogens is 284 g/mol. The van der Waals surface area contributed by atoms with Gasteiger partial charge in [-0.15, -0.1) is 0 Å². The monoisotopic (exact) mass is 307 g/mol. The van der Waals surface area contributed by atoms with Crippen molar-refractivity contribution in [2.24, 2.45) is 5.92 Å². The van der Waals surface area contributed by atoms with Crippen LogP contribution in [-0.2, 0) is 14.3 Å². The molecule has 1 aliphatic heterocycles. The van der Waals surface area contributed by atoms with E-state index >= 15 is 0 Å². The van der Waals surface area contributed by atoms with E-state index in [0.29, 0.717) is 0 Å². The fraction of sp³-hybridized carbons (Fsp3) is 0.857. The summed E-state index contributed by atoms with van der Waals surface area (Å²) in [6, 6.07) is 0. The van der Waals surface area contributed by atoms with Crippen molar-refractivity contribution in [3.05, 3.63) is 0 Å². The minimum atomic E-state index is -3.06. The van der Waals surface area contributed by atoms with Crippen LogP contribution in [0.4, 0.5) is 13.6 Å². The van der Waals surface area contributed by atoms with Gasteiger partial charge in [-0.3, -0.25) is 4.79 Å². The van der Waals surface area contributed by atoms with Crippen LogP contribution < -0.4 is 0 Å². The van der Waals surface area contributed by atoms with E-state index in [1.54, 1.807) is 20.8 Å². The molecule has 0 spiro atoms. The molecule has 0 N–H and O–H groups in total. The zero-order chi connectivity index (χ0) is 16.3. The second-order valence-corrected chi connectivity index (χ2v) is 6.28. The Balaban J connectivity index is 2.48. The van der Waals surface area contributed by atoms with Crippen molar-refractivity contribution in [3.8, 4) is 0 Å². The third-order valence-corrected chi connectivity index (χ3v) is 3.21. The molecule has 1 rings (SSSR count). The molecule has 21 heavy (non-hydrogen) atoms. The number of piperidine rings is 1. The van der Waals surface area contributed by atoms with Gasteiger partial charge in [0.1, 0.15) is 5.60 Å². The fourth-order valence-electron chi connectivity index (χ4n) is 2.13. The number of alkyl halides is 2. The number of carbonyl (C=O) groups is 2. The molecule has 0 saturated carbocycles. The Morgan fingerprint density at radius 1 is 1.19 bits per heavy atom. The number of ether oxygens (including phenoxy) is 2. The summed E-state index contributed by atoms with van der Waals surface area (Å²) in [7, 11) is 0. The Hall–Kier alpha value is -1.40. The first-order valence-corrected chi connectivity index (χ1v) is 7.00. The van der Waals surface area contributed by atoms with E-state index in [2.05, 4.69) is 4.74 Å². The minimum Gasteiger partial charge on any atom is -0.459 e. The zero-order valence-electron chi connectivity index (χ0n) is 12.9. The molecule has 1 amide bonds. The number of hydrogen-bond acceptors (Lipinski definition) is 4. The molecule has 0 aromatic carbocycles. The van der Waals surface area contributed by atoms with Crippen molar-refractivity contribution in [2.45, 2.75) is 52.1 Å². The summed E-state index contributed by atoms with van der Waals surface area (Å²) in [5, 5.41) is 0.